The Kier molecular flexibility index (Phi) is 4.81. The average Bonchev–Trinajstić information content (AvgIpc) is 2.43. The van der Waals surface area contributed by atoms with Crippen LogP contribution in [0.4, 0.5) is 15.8 Å². The molecule has 0 aliphatic heterocycles. The SMILES string of the molecule is CCNc1cc(C)ccc1C(=O)Nc1c(F)cccc1Cl. The Hall–Kier alpha value is -2.07. The van der Waals surface area contributed by atoms with Gasteiger partial charge in [-0.25, -0.2) is 4.39 Å². The first-order valence-corrected chi connectivity index (χ1v) is 7.00. The zero-order chi connectivity index (χ0) is 15.4. The topological polar surface area (TPSA) is 41.1 Å². The van der Waals surface area contributed by atoms with E-state index in [1.807, 2.05) is 26.0 Å². The molecule has 0 bridgehead atoms. The van der Waals surface area contributed by atoms with Gasteiger partial charge in [0.05, 0.1) is 16.3 Å². The lowest BCUT2D eigenvalue weighted by molar-refractivity contribution is 0.102. The number of benzene rings is 2. The quantitative estimate of drug-likeness (QED) is 0.875. The fourth-order valence-corrected chi connectivity index (χ4v) is 2.20. The van der Waals surface area contributed by atoms with Gasteiger partial charge in [-0.05, 0) is 43.7 Å². The van der Waals surface area contributed by atoms with Crippen molar-refractivity contribution in [2.75, 3.05) is 17.2 Å². The van der Waals surface area contributed by atoms with Crippen LogP contribution in [0.1, 0.15) is 22.8 Å². The predicted octanol–water partition coefficient (Wildman–Crippen LogP) is 4.47. The van der Waals surface area contributed by atoms with Crippen molar-refractivity contribution in [2.45, 2.75) is 13.8 Å². The lowest BCUT2D eigenvalue weighted by Crippen LogP contribution is -2.16. The van der Waals surface area contributed by atoms with Crippen LogP contribution in [0.25, 0.3) is 0 Å². The van der Waals surface area contributed by atoms with Crippen molar-refractivity contribution in [3.63, 3.8) is 0 Å². The van der Waals surface area contributed by atoms with Gasteiger partial charge in [0, 0.05) is 12.2 Å². The summed E-state index contributed by atoms with van der Waals surface area (Å²) >= 11 is 5.92. The lowest BCUT2D eigenvalue weighted by atomic mass is 10.1. The number of nitrogens with one attached hydrogen (secondary N) is 2. The van der Waals surface area contributed by atoms with Crippen LogP contribution in [-0.2, 0) is 0 Å². The second-order valence-corrected chi connectivity index (χ2v) is 5.04. The molecule has 2 rings (SSSR count). The van der Waals surface area contributed by atoms with Crippen molar-refractivity contribution in [2.24, 2.45) is 0 Å². The number of hydrogen-bond acceptors (Lipinski definition) is 2. The van der Waals surface area contributed by atoms with Gasteiger partial charge in [-0.3, -0.25) is 4.79 Å². The van der Waals surface area contributed by atoms with Crippen LogP contribution in [0.5, 0.6) is 0 Å². The molecule has 1 amide bonds. The van der Waals surface area contributed by atoms with E-state index in [0.717, 1.165) is 5.56 Å². The van der Waals surface area contributed by atoms with Crippen molar-refractivity contribution in [3.05, 3.63) is 58.4 Å². The molecular weight excluding hydrogens is 291 g/mol. The molecule has 0 heterocycles. The normalized spacial score (nSPS) is 10.3. The molecule has 0 aromatic heterocycles. The van der Waals surface area contributed by atoms with Gasteiger partial charge in [-0.15, -0.1) is 0 Å². The Morgan fingerprint density at radius 1 is 1.29 bits per heavy atom. The molecule has 0 saturated carbocycles. The van der Waals surface area contributed by atoms with E-state index >= 15 is 0 Å². The van der Waals surface area contributed by atoms with E-state index in [1.165, 1.54) is 18.2 Å². The standard InChI is InChI=1S/C16H16ClFN2O/c1-3-19-14-9-10(2)7-8-11(14)16(21)20-15-12(17)5-4-6-13(15)18/h4-9,19H,3H2,1-2H3,(H,20,21). The summed E-state index contributed by atoms with van der Waals surface area (Å²) in [5, 5.41) is 5.82. The smallest absolute Gasteiger partial charge is 0.257 e. The monoisotopic (exact) mass is 306 g/mol. The zero-order valence-electron chi connectivity index (χ0n) is 11.8. The fourth-order valence-electron chi connectivity index (χ4n) is 1.99. The van der Waals surface area contributed by atoms with E-state index < -0.39 is 11.7 Å². The maximum atomic E-state index is 13.7. The maximum Gasteiger partial charge on any atom is 0.257 e. The molecule has 0 unspecified atom stereocenters. The highest BCUT2D eigenvalue weighted by Gasteiger charge is 2.15. The third-order valence-electron chi connectivity index (χ3n) is 2.99. The summed E-state index contributed by atoms with van der Waals surface area (Å²) in [5.41, 5.74) is 2.18. The Morgan fingerprint density at radius 3 is 2.71 bits per heavy atom. The fraction of sp³-hybridized carbons (Fsp3) is 0.188. The van der Waals surface area contributed by atoms with Gasteiger partial charge in [0.2, 0.25) is 0 Å². The second kappa shape index (κ2) is 6.59. The third-order valence-corrected chi connectivity index (χ3v) is 3.30. The minimum absolute atomic E-state index is 0.00723. The highest BCUT2D eigenvalue weighted by molar-refractivity contribution is 6.34. The molecule has 5 heteroatoms. The Labute approximate surface area is 128 Å². The molecule has 0 radical (unpaired) electrons. The molecule has 2 aromatic rings. The van der Waals surface area contributed by atoms with Crippen LogP contribution in [-0.4, -0.2) is 12.5 Å². The highest BCUT2D eigenvalue weighted by atomic mass is 35.5. The van der Waals surface area contributed by atoms with E-state index in [2.05, 4.69) is 10.6 Å². The maximum absolute atomic E-state index is 13.7. The molecule has 21 heavy (non-hydrogen) atoms. The van der Waals surface area contributed by atoms with Gasteiger partial charge in [0.15, 0.2) is 0 Å². The molecular formula is C16H16ClFN2O. The van der Waals surface area contributed by atoms with Crippen LogP contribution in [0.2, 0.25) is 5.02 Å². The summed E-state index contributed by atoms with van der Waals surface area (Å²) in [6, 6.07) is 9.68. The molecule has 0 aliphatic rings. The van der Waals surface area contributed by atoms with E-state index in [1.54, 1.807) is 6.07 Å². The number of aryl methyl sites for hydroxylation is 1. The number of rotatable bonds is 4. The number of anilines is 2. The third kappa shape index (κ3) is 3.52. The van der Waals surface area contributed by atoms with Crippen LogP contribution in [0.15, 0.2) is 36.4 Å². The molecule has 0 spiro atoms. The molecule has 0 fully saturated rings. The van der Waals surface area contributed by atoms with Crippen molar-refractivity contribution in [3.8, 4) is 0 Å². The minimum Gasteiger partial charge on any atom is -0.385 e. The highest BCUT2D eigenvalue weighted by Crippen LogP contribution is 2.26. The second-order valence-electron chi connectivity index (χ2n) is 4.63. The summed E-state index contributed by atoms with van der Waals surface area (Å²) in [5.74, 6) is -0.967. The van der Waals surface area contributed by atoms with Crippen LogP contribution in [0, 0.1) is 12.7 Å². The van der Waals surface area contributed by atoms with Crippen molar-refractivity contribution >= 4 is 28.9 Å². The Morgan fingerprint density at radius 2 is 2.05 bits per heavy atom. The van der Waals surface area contributed by atoms with Gasteiger partial charge < -0.3 is 10.6 Å². The largest absolute Gasteiger partial charge is 0.385 e. The predicted molar refractivity (Wildman–Crippen MR) is 84.7 cm³/mol. The van der Waals surface area contributed by atoms with E-state index in [4.69, 9.17) is 11.6 Å². The number of carbonyl (C=O) groups excluding carboxylic acids is 1. The molecule has 110 valence electrons. The minimum atomic E-state index is -0.562. The number of carbonyl (C=O) groups is 1. The molecule has 3 nitrogen and oxygen atoms in total. The van der Waals surface area contributed by atoms with Crippen molar-refractivity contribution in [1.29, 1.82) is 0 Å². The summed E-state index contributed by atoms with van der Waals surface area (Å²) < 4.78 is 13.7. The first-order valence-electron chi connectivity index (χ1n) is 6.62. The Bertz CT molecular complexity index is 653. The van der Waals surface area contributed by atoms with Crippen LogP contribution < -0.4 is 10.6 Å². The van der Waals surface area contributed by atoms with E-state index in [9.17, 15) is 9.18 Å². The molecule has 2 N–H and O–H groups in total. The van der Waals surface area contributed by atoms with Gasteiger partial charge in [-0.1, -0.05) is 23.7 Å². The first kappa shape index (κ1) is 15.3. The zero-order valence-corrected chi connectivity index (χ0v) is 12.6. The summed E-state index contributed by atoms with van der Waals surface area (Å²) in [7, 11) is 0. The van der Waals surface area contributed by atoms with Gasteiger partial charge in [-0.2, -0.15) is 0 Å². The average molecular weight is 307 g/mol. The van der Waals surface area contributed by atoms with Gasteiger partial charge in [0.1, 0.15) is 5.82 Å². The number of hydrogen-bond donors (Lipinski definition) is 2. The molecule has 0 atom stereocenters. The van der Waals surface area contributed by atoms with Gasteiger partial charge >= 0.3 is 0 Å². The van der Waals surface area contributed by atoms with Gasteiger partial charge in [0.25, 0.3) is 5.91 Å². The summed E-state index contributed by atoms with van der Waals surface area (Å²) in [6.45, 7) is 4.57. The summed E-state index contributed by atoms with van der Waals surface area (Å²) in [6.07, 6.45) is 0. The molecule has 0 saturated heterocycles. The lowest BCUT2D eigenvalue weighted by Gasteiger charge is -2.13. The van der Waals surface area contributed by atoms with Crippen LogP contribution >= 0.6 is 11.6 Å². The Balaban J connectivity index is 2.32. The van der Waals surface area contributed by atoms with Crippen molar-refractivity contribution < 1.29 is 9.18 Å². The first-order chi connectivity index (χ1) is 10.0. The number of para-hydroxylation sites is 1. The van der Waals surface area contributed by atoms with Crippen LogP contribution in [0.3, 0.4) is 0 Å². The van der Waals surface area contributed by atoms with Crippen molar-refractivity contribution in [1.82, 2.24) is 0 Å². The summed E-state index contributed by atoms with van der Waals surface area (Å²) in [4.78, 5) is 12.3. The number of amides is 1. The molecule has 0 aliphatic carbocycles. The van der Waals surface area contributed by atoms with E-state index in [0.29, 0.717) is 17.8 Å². The number of halogens is 2. The van der Waals surface area contributed by atoms with E-state index in [-0.39, 0.29) is 10.7 Å². The molecule has 2 aromatic carbocycles.